The third-order valence-electron chi connectivity index (χ3n) is 2.66. The van der Waals surface area contributed by atoms with Crippen LogP contribution in [0.25, 0.3) is 11.1 Å². The topological polar surface area (TPSA) is 20.2 Å². The van der Waals surface area contributed by atoms with Gasteiger partial charge in [0.2, 0.25) is 0 Å². The van der Waals surface area contributed by atoms with Gasteiger partial charge in [0.25, 0.3) is 0 Å². The van der Waals surface area contributed by atoms with Gasteiger partial charge in [-0.1, -0.05) is 18.2 Å². The van der Waals surface area contributed by atoms with E-state index in [1.165, 1.54) is 12.1 Å². The van der Waals surface area contributed by atoms with Crippen molar-refractivity contribution < 1.29 is 27.1 Å². The highest BCUT2D eigenvalue weighted by atomic mass is 19.2. The standard InChI is InChI=1S/C13H7F5O/c14-8-4-2-1-3-6(8)9-12(17)10(15)7(5-19)11(16)13(9)18/h1-4,19H,5H2. The summed E-state index contributed by atoms with van der Waals surface area (Å²) >= 11 is 0. The van der Waals surface area contributed by atoms with Gasteiger partial charge in [0.1, 0.15) is 5.82 Å². The Labute approximate surface area is 104 Å². The Balaban J connectivity index is 2.83. The van der Waals surface area contributed by atoms with Crippen LogP contribution in [-0.2, 0) is 6.61 Å². The minimum Gasteiger partial charge on any atom is -0.391 e. The highest BCUT2D eigenvalue weighted by Crippen LogP contribution is 2.33. The summed E-state index contributed by atoms with van der Waals surface area (Å²) in [5.41, 5.74) is -2.86. The lowest BCUT2D eigenvalue weighted by Gasteiger charge is -2.11. The van der Waals surface area contributed by atoms with E-state index in [0.29, 0.717) is 0 Å². The smallest absolute Gasteiger partial charge is 0.170 e. The Bertz CT molecular complexity index is 610. The van der Waals surface area contributed by atoms with Gasteiger partial charge in [-0.15, -0.1) is 0 Å². The molecule has 0 amide bonds. The normalized spacial score (nSPS) is 10.8. The monoisotopic (exact) mass is 274 g/mol. The molecule has 0 bridgehead atoms. The van der Waals surface area contributed by atoms with Crippen LogP contribution in [0.1, 0.15) is 5.56 Å². The maximum Gasteiger partial charge on any atom is 0.170 e. The fourth-order valence-electron chi connectivity index (χ4n) is 1.72. The second-order valence-electron chi connectivity index (χ2n) is 3.75. The predicted octanol–water partition coefficient (Wildman–Crippen LogP) is 3.54. The molecule has 0 aliphatic heterocycles. The lowest BCUT2D eigenvalue weighted by molar-refractivity contribution is 0.263. The Morgan fingerprint density at radius 3 is 1.79 bits per heavy atom. The van der Waals surface area contributed by atoms with Gasteiger partial charge in [-0.2, -0.15) is 0 Å². The van der Waals surface area contributed by atoms with Crippen molar-refractivity contribution in [2.75, 3.05) is 0 Å². The van der Waals surface area contributed by atoms with Crippen LogP contribution in [0.15, 0.2) is 24.3 Å². The van der Waals surface area contributed by atoms with Crippen molar-refractivity contribution in [2.24, 2.45) is 0 Å². The zero-order chi connectivity index (χ0) is 14.2. The molecule has 100 valence electrons. The highest BCUT2D eigenvalue weighted by Gasteiger charge is 2.26. The average Bonchev–Trinajstić information content (AvgIpc) is 2.40. The van der Waals surface area contributed by atoms with Crippen molar-refractivity contribution in [3.05, 3.63) is 58.9 Å². The van der Waals surface area contributed by atoms with Crippen LogP contribution in [0, 0.1) is 29.1 Å². The van der Waals surface area contributed by atoms with E-state index in [2.05, 4.69) is 0 Å². The lowest BCUT2D eigenvalue weighted by atomic mass is 10.0. The fourth-order valence-corrected chi connectivity index (χ4v) is 1.72. The van der Waals surface area contributed by atoms with Crippen LogP contribution < -0.4 is 0 Å². The first-order valence-corrected chi connectivity index (χ1v) is 5.19. The lowest BCUT2D eigenvalue weighted by Crippen LogP contribution is -2.06. The van der Waals surface area contributed by atoms with E-state index in [-0.39, 0.29) is 0 Å². The van der Waals surface area contributed by atoms with E-state index in [9.17, 15) is 22.0 Å². The predicted molar refractivity (Wildman–Crippen MR) is 57.6 cm³/mol. The molecule has 0 aliphatic carbocycles. The zero-order valence-electron chi connectivity index (χ0n) is 9.35. The molecule has 2 aromatic carbocycles. The molecule has 6 heteroatoms. The number of aliphatic hydroxyl groups excluding tert-OH is 1. The number of aliphatic hydroxyl groups is 1. The number of hydrogen-bond acceptors (Lipinski definition) is 1. The summed E-state index contributed by atoms with van der Waals surface area (Å²) in [4.78, 5) is 0. The number of hydrogen-bond donors (Lipinski definition) is 1. The molecule has 0 fully saturated rings. The minimum atomic E-state index is -1.74. The molecular weight excluding hydrogens is 267 g/mol. The summed E-state index contributed by atoms with van der Waals surface area (Å²) in [6.45, 7) is -1.21. The molecule has 1 nitrogen and oxygen atoms in total. The number of halogens is 5. The summed E-state index contributed by atoms with van der Waals surface area (Å²) in [5, 5.41) is 8.68. The molecule has 0 atom stereocenters. The Hall–Kier alpha value is -1.95. The Morgan fingerprint density at radius 2 is 1.32 bits per heavy atom. The van der Waals surface area contributed by atoms with Crippen molar-refractivity contribution in [2.45, 2.75) is 6.61 Å². The minimum absolute atomic E-state index is 0.597. The zero-order valence-corrected chi connectivity index (χ0v) is 9.35. The van der Waals surface area contributed by atoms with Gasteiger partial charge in [0.15, 0.2) is 23.3 Å². The molecule has 2 aromatic rings. The van der Waals surface area contributed by atoms with Crippen molar-refractivity contribution in [1.29, 1.82) is 0 Å². The first-order valence-electron chi connectivity index (χ1n) is 5.19. The van der Waals surface area contributed by atoms with Crippen LogP contribution in [0.5, 0.6) is 0 Å². The second-order valence-corrected chi connectivity index (χ2v) is 3.75. The highest BCUT2D eigenvalue weighted by molar-refractivity contribution is 5.66. The quantitative estimate of drug-likeness (QED) is 0.656. The van der Waals surface area contributed by atoms with Crippen LogP contribution >= 0.6 is 0 Å². The van der Waals surface area contributed by atoms with E-state index in [0.717, 1.165) is 12.1 Å². The van der Waals surface area contributed by atoms with E-state index in [4.69, 9.17) is 5.11 Å². The van der Waals surface area contributed by atoms with Gasteiger partial charge < -0.3 is 5.11 Å². The SMILES string of the molecule is OCc1c(F)c(F)c(-c2ccccc2F)c(F)c1F. The maximum atomic E-state index is 13.7. The molecule has 0 aliphatic rings. The number of rotatable bonds is 2. The molecule has 0 saturated heterocycles. The fraction of sp³-hybridized carbons (Fsp3) is 0.0769. The van der Waals surface area contributed by atoms with Gasteiger partial charge >= 0.3 is 0 Å². The van der Waals surface area contributed by atoms with Crippen molar-refractivity contribution in [3.8, 4) is 11.1 Å². The van der Waals surface area contributed by atoms with Gasteiger partial charge in [0.05, 0.1) is 17.7 Å². The van der Waals surface area contributed by atoms with Crippen LogP contribution in [0.3, 0.4) is 0 Å². The second kappa shape index (κ2) is 4.97. The van der Waals surface area contributed by atoms with E-state index in [1.54, 1.807) is 0 Å². The molecule has 0 heterocycles. The molecule has 19 heavy (non-hydrogen) atoms. The third-order valence-corrected chi connectivity index (χ3v) is 2.66. The summed E-state index contributed by atoms with van der Waals surface area (Å²) in [6.07, 6.45) is 0. The largest absolute Gasteiger partial charge is 0.391 e. The Morgan fingerprint density at radius 1 is 0.789 bits per heavy atom. The summed E-state index contributed by atoms with van der Waals surface area (Å²) < 4.78 is 67.8. The Kier molecular flexibility index (Phi) is 3.53. The molecule has 0 radical (unpaired) electrons. The molecule has 2 rings (SSSR count). The molecule has 1 N–H and O–H groups in total. The van der Waals surface area contributed by atoms with Crippen molar-refractivity contribution in [1.82, 2.24) is 0 Å². The molecule has 0 spiro atoms. The van der Waals surface area contributed by atoms with E-state index in [1.807, 2.05) is 0 Å². The molecule has 0 aromatic heterocycles. The van der Waals surface area contributed by atoms with Crippen LogP contribution in [0.4, 0.5) is 22.0 Å². The van der Waals surface area contributed by atoms with Gasteiger partial charge in [0, 0.05) is 5.56 Å². The molecule has 0 saturated carbocycles. The van der Waals surface area contributed by atoms with E-state index >= 15 is 0 Å². The van der Waals surface area contributed by atoms with Crippen molar-refractivity contribution >= 4 is 0 Å². The van der Waals surface area contributed by atoms with Gasteiger partial charge in [-0.25, -0.2) is 22.0 Å². The first-order chi connectivity index (χ1) is 8.99. The van der Waals surface area contributed by atoms with E-state index < -0.39 is 52.4 Å². The summed E-state index contributed by atoms with van der Waals surface area (Å²) in [6, 6.07) is 4.44. The summed E-state index contributed by atoms with van der Waals surface area (Å²) in [5.74, 6) is -7.98. The summed E-state index contributed by atoms with van der Waals surface area (Å²) in [7, 11) is 0. The van der Waals surface area contributed by atoms with Crippen LogP contribution in [0.2, 0.25) is 0 Å². The van der Waals surface area contributed by atoms with Gasteiger partial charge in [-0.3, -0.25) is 0 Å². The third kappa shape index (κ3) is 2.08. The van der Waals surface area contributed by atoms with Gasteiger partial charge in [-0.05, 0) is 6.07 Å². The van der Waals surface area contributed by atoms with Crippen molar-refractivity contribution in [3.63, 3.8) is 0 Å². The average molecular weight is 274 g/mol. The maximum absolute atomic E-state index is 13.7. The number of benzene rings is 2. The molecular formula is C13H7F5O. The molecule has 0 unspecified atom stereocenters. The first kappa shape index (κ1) is 13.5. The van der Waals surface area contributed by atoms with Crippen LogP contribution in [-0.4, -0.2) is 5.11 Å².